The lowest BCUT2D eigenvalue weighted by Crippen LogP contribution is -2.49. The van der Waals surface area contributed by atoms with Crippen molar-refractivity contribution in [1.82, 2.24) is 19.6 Å². The summed E-state index contributed by atoms with van der Waals surface area (Å²) in [6.07, 6.45) is 2.86. The number of nitrogens with zero attached hydrogens (tertiary/aromatic N) is 5. The molecule has 0 radical (unpaired) electrons. The number of carbonyl (C=O) groups excluding carboxylic acids is 1. The number of ether oxygens (including phenoxy) is 1. The summed E-state index contributed by atoms with van der Waals surface area (Å²) >= 11 is 0. The van der Waals surface area contributed by atoms with Crippen LogP contribution in [0, 0.1) is 10.1 Å². The summed E-state index contributed by atoms with van der Waals surface area (Å²) < 4.78 is 11.4. The highest BCUT2D eigenvalue weighted by molar-refractivity contribution is 5.76. The van der Waals surface area contributed by atoms with Gasteiger partial charge in [-0.25, -0.2) is 0 Å². The summed E-state index contributed by atoms with van der Waals surface area (Å²) in [5.74, 6) is 0.675. The molecule has 0 bridgehead atoms. The van der Waals surface area contributed by atoms with Crippen LogP contribution in [0.3, 0.4) is 0 Å². The number of nitro groups is 1. The maximum Gasteiger partial charge on any atom is 0.350 e. The number of rotatable bonds is 6. The molecule has 10 heteroatoms. The molecule has 0 saturated carbocycles. The minimum Gasteiger partial charge on any atom is -0.475 e. The SMILES string of the molecule is COc1nn(CC(=O)N2CCN(Cc3ccco3)CC2)cc1[N+](=O)[O-]. The molecule has 3 heterocycles. The topological polar surface area (TPSA) is 107 Å². The van der Waals surface area contributed by atoms with E-state index in [1.165, 1.54) is 18.0 Å². The Morgan fingerprint density at radius 1 is 1.40 bits per heavy atom. The average Bonchev–Trinajstić information content (AvgIpc) is 3.25. The molecule has 0 aliphatic carbocycles. The molecule has 0 atom stereocenters. The number of furan rings is 1. The summed E-state index contributed by atoms with van der Waals surface area (Å²) in [6, 6.07) is 3.78. The van der Waals surface area contributed by atoms with Crippen LogP contribution in [0.15, 0.2) is 29.0 Å². The Hall–Kier alpha value is -2.88. The molecule has 25 heavy (non-hydrogen) atoms. The lowest BCUT2D eigenvalue weighted by atomic mass is 10.3. The summed E-state index contributed by atoms with van der Waals surface area (Å²) in [5.41, 5.74) is -0.251. The van der Waals surface area contributed by atoms with Crippen molar-refractivity contribution in [3.8, 4) is 5.88 Å². The Balaban J connectivity index is 1.53. The van der Waals surface area contributed by atoms with Gasteiger partial charge in [0.2, 0.25) is 5.91 Å². The molecular weight excluding hydrogens is 330 g/mol. The van der Waals surface area contributed by atoms with Crippen LogP contribution in [0.5, 0.6) is 5.88 Å². The van der Waals surface area contributed by atoms with Crippen molar-refractivity contribution in [2.45, 2.75) is 13.1 Å². The van der Waals surface area contributed by atoms with E-state index in [1.54, 1.807) is 11.2 Å². The Morgan fingerprint density at radius 3 is 2.72 bits per heavy atom. The first-order valence-corrected chi connectivity index (χ1v) is 7.85. The predicted octanol–water partition coefficient (Wildman–Crippen LogP) is 0.737. The van der Waals surface area contributed by atoms with Crippen LogP contribution in [-0.2, 0) is 17.9 Å². The highest BCUT2D eigenvalue weighted by Crippen LogP contribution is 2.24. The summed E-state index contributed by atoms with van der Waals surface area (Å²) in [6.45, 7) is 3.35. The van der Waals surface area contributed by atoms with Crippen molar-refractivity contribution in [2.24, 2.45) is 0 Å². The lowest BCUT2D eigenvalue weighted by molar-refractivity contribution is -0.385. The first-order chi connectivity index (χ1) is 12.1. The molecule has 1 amide bonds. The molecule has 2 aromatic rings. The number of hydrogen-bond donors (Lipinski definition) is 0. The van der Waals surface area contributed by atoms with E-state index in [0.717, 1.165) is 25.4 Å². The summed E-state index contributed by atoms with van der Waals surface area (Å²) in [7, 11) is 1.31. The van der Waals surface area contributed by atoms with Gasteiger partial charge in [-0.2, -0.15) is 0 Å². The normalized spacial score (nSPS) is 15.3. The highest BCUT2D eigenvalue weighted by atomic mass is 16.6. The van der Waals surface area contributed by atoms with Crippen molar-refractivity contribution in [1.29, 1.82) is 0 Å². The fraction of sp³-hybridized carbons (Fsp3) is 0.467. The maximum absolute atomic E-state index is 12.4. The maximum atomic E-state index is 12.4. The molecule has 10 nitrogen and oxygen atoms in total. The quantitative estimate of drug-likeness (QED) is 0.559. The highest BCUT2D eigenvalue weighted by Gasteiger charge is 2.25. The van der Waals surface area contributed by atoms with Gasteiger partial charge in [0.25, 0.3) is 0 Å². The smallest absolute Gasteiger partial charge is 0.350 e. The molecule has 1 aliphatic rings. The number of piperazine rings is 1. The van der Waals surface area contributed by atoms with E-state index in [0.29, 0.717) is 13.1 Å². The molecule has 0 spiro atoms. The standard InChI is InChI=1S/C15H19N5O5/c1-24-15-13(20(22)23)10-19(16-15)11-14(21)18-6-4-17(5-7-18)9-12-3-2-8-25-12/h2-3,8,10H,4-7,9,11H2,1H3. The number of methoxy groups -OCH3 is 1. The van der Waals surface area contributed by atoms with E-state index in [4.69, 9.17) is 9.15 Å². The molecule has 134 valence electrons. The molecule has 3 rings (SSSR count). The van der Waals surface area contributed by atoms with E-state index in [9.17, 15) is 14.9 Å². The Labute approximate surface area is 143 Å². The minimum absolute atomic E-state index is 0.0532. The van der Waals surface area contributed by atoms with E-state index in [1.807, 2.05) is 12.1 Å². The molecule has 0 N–H and O–H groups in total. The van der Waals surface area contributed by atoms with E-state index < -0.39 is 4.92 Å². The van der Waals surface area contributed by atoms with Crippen molar-refractivity contribution >= 4 is 11.6 Å². The average molecular weight is 349 g/mol. The van der Waals surface area contributed by atoms with Crippen LogP contribution >= 0.6 is 0 Å². The molecule has 2 aromatic heterocycles. The predicted molar refractivity (Wildman–Crippen MR) is 86.0 cm³/mol. The van der Waals surface area contributed by atoms with Crippen LogP contribution in [0.4, 0.5) is 5.69 Å². The van der Waals surface area contributed by atoms with E-state index in [2.05, 4.69) is 10.00 Å². The Bertz CT molecular complexity index is 734. The zero-order chi connectivity index (χ0) is 17.8. The van der Waals surface area contributed by atoms with Crippen molar-refractivity contribution in [3.63, 3.8) is 0 Å². The van der Waals surface area contributed by atoms with Gasteiger partial charge in [0, 0.05) is 26.2 Å². The van der Waals surface area contributed by atoms with Gasteiger partial charge in [-0.3, -0.25) is 24.5 Å². The van der Waals surface area contributed by atoms with Gasteiger partial charge in [-0.05, 0) is 12.1 Å². The minimum atomic E-state index is -0.583. The third-order valence-electron chi connectivity index (χ3n) is 4.08. The molecule has 0 aromatic carbocycles. The third kappa shape index (κ3) is 3.97. The van der Waals surface area contributed by atoms with Gasteiger partial charge in [-0.1, -0.05) is 0 Å². The molecule has 0 unspecified atom stereocenters. The lowest BCUT2D eigenvalue weighted by Gasteiger charge is -2.34. The zero-order valence-corrected chi connectivity index (χ0v) is 13.8. The van der Waals surface area contributed by atoms with Crippen LogP contribution in [0.1, 0.15) is 5.76 Å². The van der Waals surface area contributed by atoms with Crippen molar-refractivity contribution in [3.05, 3.63) is 40.5 Å². The number of hydrogen-bond acceptors (Lipinski definition) is 7. The van der Waals surface area contributed by atoms with Gasteiger partial charge in [0.1, 0.15) is 18.5 Å². The Morgan fingerprint density at radius 2 is 2.16 bits per heavy atom. The van der Waals surface area contributed by atoms with Gasteiger partial charge in [0.05, 0.1) is 24.8 Å². The Kier molecular flexibility index (Phi) is 4.98. The summed E-state index contributed by atoms with van der Waals surface area (Å²) in [4.78, 5) is 26.7. The van der Waals surface area contributed by atoms with Gasteiger partial charge < -0.3 is 14.1 Å². The third-order valence-corrected chi connectivity index (χ3v) is 4.08. The molecule has 1 aliphatic heterocycles. The fourth-order valence-corrected chi connectivity index (χ4v) is 2.76. The van der Waals surface area contributed by atoms with Crippen LogP contribution < -0.4 is 4.74 Å². The van der Waals surface area contributed by atoms with E-state index >= 15 is 0 Å². The molecular formula is C15H19N5O5. The van der Waals surface area contributed by atoms with E-state index in [-0.39, 0.29) is 24.0 Å². The number of amides is 1. The second-order valence-electron chi connectivity index (χ2n) is 5.71. The number of aromatic nitrogens is 2. The fourth-order valence-electron chi connectivity index (χ4n) is 2.76. The zero-order valence-electron chi connectivity index (χ0n) is 13.8. The van der Waals surface area contributed by atoms with Crippen LogP contribution in [0.25, 0.3) is 0 Å². The van der Waals surface area contributed by atoms with Gasteiger partial charge >= 0.3 is 11.6 Å². The van der Waals surface area contributed by atoms with Crippen molar-refractivity contribution in [2.75, 3.05) is 33.3 Å². The summed E-state index contributed by atoms with van der Waals surface area (Å²) in [5, 5.41) is 14.8. The van der Waals surface area contributed by atoms with Crippen LogP contribution in [-0.4, -0.2) is 63.7 Å². The van der Waals surface area contributed by atoms with Crippen LogP contribution in [0.2, 0.25) is 0 Å². The largest absolute Gasteiger partial charge is 0.475 e. The second kappa shape index (κ2) is 7.34. The molecule has 1 fully saturated rings. The second-order valence-corrected chi connectivity index (χ2v) is 5.71. The van der Waals surface area contributed by atoms with Gasteiger partial charge in [0.15, 0.2) is 0 Å². The monoisotopic (exact) mass is 349 g/mol. The van der Waals surface area contributed by atoms with Gasteiger partial charge in [-0.15, -0.1) is 5.10 Å². The first-order valence-electron chi connectivity index (χ1n) is 7.85. The number of carbonyl (C=O) groups is 1. The van der Waals surface area contributed by atoms with Crippen molar-refractivity contribution < 1.29 is 18.9 Å². The molecule has 1 saturated heterocycles. The first kappa shape index (κ1) is 17.0.